The number of halogens is 1. The van der Waals surface area contributed by atoms with E-state index in [9.17, 15) is 9.59 Å². The predicted molar refractivity (Wildman–Crippen MR) is 95.2 cm³/mol. The van der Waals surface area contributed by atoms with Crippen LogP contribution in [0.4, 0.5) is 5.95 Å². The van der Waals surface area contributed by atoms with Crippen molar-refractivity contribution in [2.75, 3.05) is 18.0 Å². The number of nitrogens with one attached hydrogen (secondary N) is 2. The number of carbonyl (C=O) groups excluding carboxylic acids is 1. The van der Waals surface area contributed by atoms with Crippen LogP contribution >= 0.6 is 11.6 Å². The number of nitrogens with zero attached hydrogens (tertiary/aromatic N) is 4. The van der Waals surface area contributed by atoms with Crippen LogP contribution in [-0.2, 0) is 6.54 Å². The van der Waals surface area contributed by atoms with E-state index in [0.717, 1.165) is 12.8 Å². The molecular weight excluding hydrogens is 344 g/mol. The molecule has 1 saturated heterocycles. The predicted octanol–water partition coefficient (Wildman–Crippen LogP) is 1.35. The molecule has 2 aromatic rings. The molecule has 0 saturated carbocycles. The Balaban J connectivity index is 1.59. The van der Waals surface area contributed by atoms with Crippen LogP contribution in [0, 0.1) is 6.92 Å². The number of piperidine rings is 1. The van der Waals surface area contributed by atoms with Crippen molar-refractivity contribution in [2.45, 2.75) is 39.3 Å². The van der Waals surface area contributed by atoms with Crippen molar-refractivity contribution < 1.29 is 4.79 Å². The molecule has 0 aliphatic carbocycles. The fourth-order valence-corrected chi connectivity index (χ4v) is 3.15. The summed E-state index contributed by atoms with van der Waals surface area (Å²) in [6.45, 7) is 5.80. The van der Waals surface area contributed by atoms with E-state index < -0.39 is 0 Å². The molecule has 1 aliphatic heterocycles. The maximum absolute atomic E-state index is 12.4. The minimum Gasteiger partial charge on any atom is -0.348 e. The molecule has 0 unspecified atom stereocenters. The molecule has 0 radical (unpaired) electrons. The van der Waals surface area contributed by atoms with Crippen LogP contribution in [0.3, 0.4) is 0 Å². The van der Waals surface area contributed by atoms with Gasteiger partial charge in [-0.05, 0) is 26.7 Å². The summed E-state index contributed by atoms with van der Waals surface area (Å²) in [5.74, 6) is 0.331. The van der Waals surface area contributed by atoms with E-state index in [4.69, 9.17) is 11.6 Å². The molecule has 8 nitrogen and oxygen atoms in total. The van der Waals surface area contributed by atoms with Gasteiger partial charge in [-0.2, -0.15) is 5.10 Å². The molecule has 3 heterocycles. The van der Waals surface area contributed by atoms with Gasteiger partial charge in [0.2, 0.25) is 5.95 Å². The van der Waals surface area contributed by atoms with Crippen molar-refractivity contribution >= 4 is 23.5 Å². The summed E-state index contributed by atoms with van der Waals surface area (Å²) in [6, 6.07) is 1.51. The van der Waals surface area contributed by atoms with E-state index in [1.807, 2.05) is 11.8 Å². The standard InChI is InChI=1S/C16H21ClN6O2/c1-3-23-9-12(17)14(21-23)15(25)19-11-4-6-22(7-5-11)16-18-10(2)8-13(24)20-16/h8-9,11H,3-7H2,1-2H3,(H,19,25)(H,18,20,24). The number of aromatic amines is 1. The molecule has 9 heteroatoms. The quantitative estimate of drug-likeness (QED) is 0.853. The number of rotatable bonds is 4. The molecule has 2 N–H and O–H groups in total. The highest BCUT2D eigenvalue weighted by Gasteiger charge is 2.24. The summed E-state index contributed by atoms with van der Waals surface area (Å²) in [6.07, 6.45) is 3.17. The largest absolute Gasteiger partial charge is 0.348 e. The average molecular weight is 365 g/mol. The van der Waals surface area contributed by atoms with Gasteiger partial charge >= 0.3 is 0 Å². The second kappa shape index (κ2) is 7.26. The highest BCUT2D eigenvalue weighted by atomic mass is 35.5. The maximum Gasteiger partial charge on any atom is 0.273 e. The lowest BCUT2D eigenvalue weighted by atomic mass is 10.1. The topological polar surface area (TPSA) is 95.9 Å². The monoisotopic (exact) mass is 364 g/mol. The van der Waals surface area contributed by atoms with E-state index in [-0.39, 0.29) is 23.2 Å². The third-order valence-electron chi connectivity index (χ3n) is 4.24. The smallest absolute Gasteiger partial charge is 0.273 e. The highest BCUT2D eigenvalue weighted by Crippen LogP contribution is 2.18. The van der Waals surface area contributed by atoms with Crippen LogP contribution in [0.1, 0.15) is 35.9 Å². The SMILES string of the molecule is CCn1cc(Cl)c(C(=O)NC2CCN(c3nc(C)cc(=O)[nH]3)CC2)n1. The first-order valence-corrected chi connectivity index (χ1v) is 8.70. The van der Waals surface area contributed by atoms with Gasteiger partial charge in [0.1, 0.15) is 0 Å². The van der Waals surface area contributed by atoms with Crippen molar-refractivity contribution in [3.63, 3.8) is 0 Å². The van der Waals surface area contributed by atoms with Crippen LogP contribution < -0.4 is 15.8 Å². The van der Waals surface area contributed by atoms with Gasteiger partial charge in [0.05, 0.1) is 5.02 Å². The molecule has 0 bridgehead atoms. The molecule has 0 spiro atoms. The first-order chi connectivity index (χ1) is 12.0. The first kappa shape index (κ1) is 17.5. The van der Waals surface area contributed by atoms with E-state index in [2.05, 4.69) is 20.4 Å². The summed E-state index contributed by atoms with van der Waals surface area (Å²) >= 11 is 6.07. The normalized spacial score (nSPS) is 15.4. The summed E-state index contributed by atoms with van der Waals surface area (Å²) in [5.41, 5.74) is 0.796. The van der Waals surface area contributed by atoms with Gasteiger partial charge in [0, 0.05) is 43.6 Å². The third kappa shape index (κ3) is 4.01. The number of carbonyl (C=O) groups is 1. The fraction of sp³-hybridized carbons (Fsp3) is 0.500. The molecular formula is C16H21ClN6O2. The number of aromatic nitrogens is 4. The Bertz CT molecular complexity index is 822. The minimum absolute atomic E-state index is 0.0446. The number of hydrogen-bond donors (Lipinski definition) is 2. The number of hydrogen-bond acceptors (Lipinski definition) is 5. The number of anilines is 1. The van der Waals surface area contributed by atoms with Crippen molar-refractivity contribution in [1.82, 2.24) is 25.1 Å². The molecule has 134 valence electrons. The van der Waals surface area contributed by atoms with E-state index in [0.29, 0.717) is 36.3 Å². The third-order valence-corrected chi connectivity index (χ3v) is 4.52. The minimum atomic E-state index is -0.252. The summed E-state index contributed by atoms with van der Waals surface area (Å²) in [5, 5.41) is 7.54. The summed E-state index contributed by atoms with van der Waals surface area (Å²) in [7, 11) is 0. The lowest BCUT2D eigenvalue weighted by Gasteiger charge is -2.32. The Morgan fingerprint density at radius 1 is 1.44 bits per heavy atom. The van der Waals surface area contributed by atoms with Crippen LogP contribution in [0.15, 0.2) is 17.1 Å². The zero-order valence-electron chi connectivity index (χ0n) is 14.3. The second-order valence-electron chi connectivity index (χ2n) is 6.13. The van der Waals surface area contributed by atoms with Crippen LogP contribution in [0.25, 0.3) is 0 Å². The molecule has 1 amide bonds. The van der Waals surface area contributed by atoms with Gasteiger partial charge in [-0.3, -0.25) is 19.3 Å². The molecule has 25 heavy (non-hydrogen) atoms. The summed E-state index contributed by atoms with van der Waals surface area (Å²) in [4.78, 5) is 33.1. The van der Waals surface area contributed by atoms with Gasteiger partial charge in [-0.15, -0.1) is 0 Å². The number of amides is 1. The van der Waals surface area contributed by atoms with Crippen molar-refractivity contribution in [3.05, 3.63) is 39.0 Å². The fourth-order valence-electron chi connectivity index (χ4n) is 2.92. The molecule has 1 aliphatic rings. The Labute approximate surface area is 150 Å². The zero-order valence-corrected chi connectivity index (χ0v) is 15.0. The Kier molecular flexibility index (Phi) is 5.08. The Morgan fingerprint density at radius 2 is 2.16 bits per heavy atom. The Hall–Kier alpha value is -2.35. The molecule has 3 rings (SSSR count). The molecule has 0 aromatic carbocycles. The lowest BCUT2D eigenvalue weighted by molar-refractivity contribution is 0.0925. The van der Waals surface area contributed by atoms with Gasteiger partial charge < -0.3 is 10.2 Å². The molecule has 2 aromatic heterocycles. The maximum atomic E-state index is 12.4. The van der Waals surface area contributed by atoms with Crippen LogP contribution in [0.2, 0.25) is 5.02 Å². The van der Waals surface area contributed by atoms with Gasteiger partial charge in [-0.25, -0.2) is 4.98 Å². The van der Waals surface area contributed by atoms with Crippen molar-refractivity contribution in [3.8, 4) is 0 Å². The number of H-pyrrole nitrogens is 1. The van der Waals surface area contributed by atoms with Gasteiger partial charge in [-0.1, -0.05) is 11.6 Å². The molecule has 0 atom stereocenters. The zero-order chi connectivity index (χ0) is 18.0. The molecule has 1 fully saturated rings. The van der Waals surface area contributed by atoms with E-state index >= 15 is 0 Å². The number of aryl methyl sites for hydroxylation is 2. The highest BCUT2D eigenvalue weighted by molar-refractivity contribution is 6.33. The van der Waals surface area contributed by atoms with Crippen LogP contribution in [0.5, 0.6) is 0 Å². The van der Waals surface area contributed by atoms with E-state index in [1.165, 1.54) is 6.07 Å². The summed E-state index contributed by atoms with van der Waals surface area (Å²) < 4.78 is 1.64. The first-order valence-electron chi connectivity index (χ1n) is 8.33. The van der Waals surface area contributed by atoms with E-state index in [1.54, 1.807) is 17.8 Å². The van der Waals surface area contributed by atoms with Gasteiger partial charge in [0.15, 0.2) is 5.69 Å². The lowest BCUT2D eigenvalue weighted by Crippen LogP contribution is -2.45. The van der Waals surface area contributed by atoms with Crippen LogP contribution in [-0.4, -0.2) is 44.8 Å². The average Bonchev–Trinajstić information content (AvgIpc) is 2.96. The van der Waals surface area contributed by atoms with Crippen molar-refractivity contribution in [1.29, 1.82) is 0 Å². The Morgan fingerprint density at radius 3 is 2.76 bits per heavy atom. The van der Waals surface area contributed by atoms with Crippen molar-refractivity contribution in [2.24, 2.45) is 0 Å². The van der Waals surface area contributed by atoms with Gasteiger partial charge in [0.25, 0.3) is 11.5 Å². The second-order valence-corrected chi connectivity index (χ2v) is 6.53.